The maximum Gasteiger partial charge on any atom is 0.259 e. The molecule has 0 radical (unpaired) electrons. The van der Waals surface area contributed by atoms with Crippen LogP contribution in [0.5, 0.6) is 5.75 Å². The minimum Gasteiger partial charge on any atom is -0.488 e. The van der Waals surface area contributed by atoms with Crippen molar-refractivity contribution in [1.82, 2.24) is 0 Å². The number of halogens is 1. The summed E-state index contributed by atoms with van der Waals surface area (Å²) in [4.78, 5) is 20.1. The highest BCUT2D eigenvalue weighted by molar-refractivity contribution is 9.10. The molecule has 1 aliphatic carbocycles. The van der Waals surface area contributed by atoms with Crippen LogP contribution >= 0.6 is 27.3 Å². The topological polar surface area (TPSA) is 50.7 Å². The van der Waals surface area contributed by atoms with Gasteiger partial charge in [0, 0.05) is 26.8 Å². The first-order chi connectivity index (χ1) is 20.8. The summed E-state index contributed by atoms with van der Waals surface area (Å²) in [6.45, 7) is 7.39. The lowest BCUT2D eigenvalue weighted by Crippen LogP contribution is -2.27. The number of ether oxygens (including phenoxy) is 1. The van der Waals surface area contributed by atoms with Crippen molar-refractivity contribution in [1.29, 1.82) is 0 Å². The molecule has 4 nitrogen and oxygen atoms in total. The Hall–Kier alpha value is -3.74. The number of hydrogen-bond acceptors (Lipinski definition) is 4. The van der Waals surface area contributed by atoms with Crippen LogP contribution in [0.25, 0.3) is 10.8 Å². The van der Waals surface area contributed by atoms with E-state index in [2.05, 4.69) is 72.3 Å². The van der Waals surface area contributed by atoms with Crippen LogP contribution in [0.3, 0.4) is 0 Å². The molecule has 0 spiro atoms. The van der Waals surface area contributed by atoms with Crippen LogP contribution < -0.4 is 10.1 Å². The first-order valence-corrected chi connectivity index (χ1v) is 16.3. The Morgan fingerprint density at radius 1 is 1.00 bits per heavy atom. The van der Waals surface area contributed by atoms with Crippen LogP contribution in [0.1, 0.15) is 59.1 Å². The molecule has 4 aromatic carbocycles. The average molecular weight is 652 g/mol. The van der Waals surface area contributed by atoms with Gasteiger partial charge in [0.25, 0.3) is 5.91 Å². The van der Waals surface area contributed by atoms with Crippen molar-refractivity contribution in [3.8, 4) is 5.75 Å². The van der Waals surface area contributed by atoms with E-state index in [4.69, 9.17) is 9.73 Å². The van der Waals surface area contributed by atoms with Crippen molar-refractivity contribution in [2.75, 3.05) is 5.32 Å². The second-order valence-corrected chi connectivity index (χ2v) is 14.2. The monoisotopic (exact) mass is 650 g/mol. The van der Waals surface area contributed by atoms with Crippen molar-refractivity contribution in [2.24, 2.45) is 16.3 Å². The van der Waals surface area contributed by atoms with E-state index in [1.54, 1.807) is 11.3 Å². The zero-order valence-electron chi connectivity index (χ0n) is 24.7. The van der Waals surface area contributed by atoms with E-state index < -0.39 is 0 Å². The molecule has 0 unspecified atom stereocenters. The molecule has 218 valence electrons. The number of para-hydroxylation sites is 1. The third-order valence-corrected chi connectivity index (χ3v) is 9.97. The van der Waals surface area contributed by atoms with E-state index in [1.165, 1.54) is 4.88 Å². The smallest absolute Gasteiger partial charge is 0.259 e. The molecule has 1 N–H and O–H groups in total. The number of anilines is 1. The quantitative estimate of drug-likeness (QED) is 0.178. The van der Waals surface area contributed by atoms with E-state index in [9.17, 15) is 4.79 Å². The lowest BCUT2D eigenvalue weighted by Gasteiger charge is -2.33. The third kappa shape index (κ3) is 6.61. The molecule has 1 aromatic heterocycles. The van der Waals surface area contributed by atoms with Gasteiger partial charge in [0.2, 0.25) is 0 Å². The SMILES string of the molecule is CC(C)(C)[C@H]1CCc2c(sc(N=Cc3c(OCc4ccc(Br)cc4)ccc4ccccc34)c2C(=O)Nc2ccccc2)C1. The zero-order valence-corrected chi connectivity index (χ0v) is 27.1. The van der Waals surface area contributed by atoms with Gasteiger partial charge in [0.15, 0.2) is 0 Å². The summed E-state index contributed by atoms with van der Waals surface area (Å²) < 4.78 is 7.40. The number of nitrogens with zero attached hydrogens (tertiary/aromatic N) is 1. The van der Waals surface area contributed by atoms with Crippen LogP contribution in [-0.4, -0.2) is 12.1 Å². The number of fused-ring (bicyclic) bond motifs is 2. The fourth-order valence-corrected chi connectivity index (χ4v) is 7.28. The van der Waals surface area contributed by atoms with Crippen molar-refractivity contribution < 1.29 is 9.53 Å². The molecule has 6 heteroatoms. The molecule has 43 heavy (non-hydrogen) atoms. The first-order valence-electron chi connectivity index (χ1n) is 14.7. The Labute approximate surface area is 266 Å². The lowest BCUT2D eigenvalue weighted by molar-refractivity contribution is 0.102. The van der Waals surface area contributed by atoms with Crippen LogP contribution in [0.4, 0.5) is 10.7 Å². The van der Waals surface area contributed by atoms with Gasteiger partial charge < -0.3 is 10.1 Å². The van der Waals surface area contributed by atoms with Gasteiger partial charge in [-0.25, -0.2) is 4.99 Å². The summed E-state index contributed by atoms with van der Waals surface area (Å²) in [5.41, 5.74) is 4.83. The highest BCUT2D eigenvalue weighted by atomic mass is 79.9. The van der Waals surface area contributed by atoms with Gasteiger partial charge >= 0.3 is 0 Å². The summed E-state index contributed by atoms with van der Waals surface area (Å²) in [5.74, 6) is 1.22. The second kappa shape index (κ2) is 12.5. The Morgan fingerprint density at radius 2 is 1.74 bits per heavy atom. The van der Waals surface area contributed by atoms with Gasteiger partial charge in [0.1, 0.15) is 17.4 Å². The van der Waals surface area contributed by atoms with Gasteiger partial charge in [-0.1, -0.05) is 97.4 Å². The molecular weight excluding hydrogens is 616 g/mol. The largest absolute Gasteiger partial charge is 0.488 e. The van der Waals surface area contributed by atoms with Crippen LogP contribution in [0, 0.1) is 11.3 Å². The molecule has 5 aromatic rings. The Kier molecular flexibility index (Phi) is 8.51. The molecule has 0 bridgehead atoms. The van der Waals surface area contributed by atoms with Gasteiger partial charge in [-0.05, 0) is 82.8 Å². The summed E-state index contributed by atoms with van der Waals surface area (Å²) in [7, 11) is 0. The Balaban J connectivity index is 1.39. The predicted molar refractivity (Wildman–Crippen MR) is 183 cm³/mol. The molecule has 1 heterocycles. The molecule has 1 atom stereocenters. The van der Waals surface area contributed by atoms with Gasteiger partial charge in [0.05, 0.1) is 5.56 Å². The summed E-state index contributed by atoms with van der Waals surface area (Å²) in [5, 5.41) is 6.04. The fourth-order valence-electron chi connectivity index (χ4n) is 5.75. The molecule has 0 saturated carbocycles. The van der Waals surface area contributed by atoms with Gasteiger partial charge in [-0.2, -0.15) is 0 Å². The molecule has 0 saturated heterocycles. The van der Waals surface area contributed by atoms with Crippen LogP contribution in [0.15, 0.2) is 100 Å². The fraction of sp³-hybridized carbons (Fsp3) is 0.243. The second-order valence-electron chi connectivity index (χ2n) is 12.2. The number of amides is 1. The van der Waals surface area contributed by atoms with Crippen molar-refractivity contribution in [2.45, 2.75) is 46.6 Å². The van der Waals surface area contributed by atoms with Crippen molar-refractivity contribution in [3.63, 3.8) is 0 Å². The normalized spacial score (nSPS) is 15.0. The maximum atomic E-state index is 13.8. The number of hydrogen-bond donors (Lipinski definition) is 1. The highest BCUT2D eigenvalue weighted by Crippen LogP contribution is 2.45. The maximum absolute atomic E-state index is 13.8. The molecular formula is C37H35BrN2O2S. The minimum atomic E-state index is -0.102. The number of nitrogens with one attached hydrogen (secondary N) is 1. The number of rotatable bonds is 7. The highest BCUT2D eigenvalue weighted by Gasteiger charge is 2.33. The molecule has 1 aliphatic rings. The Bertz CT molecular complexity index is 1790. The minimum absolute atomic E-state index is 0.102. The van der Waals surface area contributed by atoms with Gasteiger partial charge in [-0.3, -0.25) is 4.79 Å². The molecule has 6 rings (SSSR count). The summed E-state index contributed by atoms with van der Waals surface area (Å²) in [6.07, 6.45) is 4.81. The van der Waals surface area contributed by atoms with Crippen molar-refractivity contribution in [3.05, 3.63) is 123 Å². The van der Waals surface area contributed by atoms with E-state index in [0.717, 1.165) is 67.6 Å². The number of carbonyl (C=O) groups excluding carboxylic acids is 1. The number of benzene rings is 4. The van der Waals surface area contributed by atoms with E-state index in [1.807, 2.05) is 66.9 Å². The predicted octanol–water partition coefficient (Wildman–Crippen LogP) is 10.4. The number of aliphatic imine (C=N–C) groups is 1. The number of thiophene rings is 1. The molecule has 1 amide bonds. The summed E-state index contributed by atoms with van der Waals surface area (Å²) in [6, 6.07) is 30.2. The van der Waals surface area contributed by atoms with E-state index >= 15 is 0 Å². The van der Waals surface area contributed by atoms with Crippen LogP contribution in [-0.2, 0) is 19.4 Å². The summed E-state index contributed by atoms with van der Waals surface area (Å²) >= 11 is 5.16. The molecule has 0 aliphatic heterocycles. The third-order valence-electron chi connectivity index (χ3n) is 8.28. The first kappa shape index (κ1) is 29.3. The van der Waals surface area contributed by atoms with E-state index in [-0.39, 0.29) is 11.3 Å². The van der Waals surface area contributed by atoms with Gasteiger partial charge in [-0.15, -0.1) is 11.3 Å². The van der Waals surface area contributed by atoms with Crippen LogP contribution in [0.2, 0.25) is 0 Å². The number of carbonyl (C=O) groups is 1. The average Bonchev–Trinajstić information content (AvgIpc) is 3.38. The lowest BCUT2D eigenvalue weighted by atomic mass is 9.72. The van der Waals surface area contributed by atoms with E-state index in [0.29, 0.717) is 18.1 Å². The Morgan fingerprint density at radius 3 is 2.51 bits per heavy atom. The van der Waals surface area contributed by atoms with Crippen molar-refractivity contribution >= 4 is 60.8 Å². The zero-order chi connectivity index (χ0) is 30.0. The standard InChI is InChI=1S/C37H35BrN2O2S/c1-37(2,3)26-16-19-30-33(21-26)43-36(34(30)35(41)40-28-10-5-4-6-11-28)39-22-31-29-12-8-7-9-25(29)15-20-32(31)42-23-24-13-17-27(38)18-14-24/h4-15,17-18,20,22,26H,16,19,21,23H2,1-3H3,(H,40,41)/t26-/m0/s1. The molecule has 0 fully saturated rings.